The second kappa shape index (κ2) is 3.39. The van der Waals surface area contributed by atoms with Crippen molar-refractivity contribution in [2.24, 2.45) is 5.73 Å². The van der Waals surface area contributed by atoms with Crippen LogP contribution in [0, 0.1) is 6.92 Å². The number of likely N-dealkylation sites (N-methyl/N-ethyl adjacent to an activating group) is 1. The van der Waals surface area contributed by atoms with Crippen LogP contribution < -0.4 is 10.6 Å². The second-order valence-corrected chi connectivity index (χ2v) is 2.62. The van der Waals surface area contributed by atoms with Crippen LogP contribution in [0.25, 0.3) is 0 Å². The number of nitrogens with one attached hydrogen (secondary N) is 1. The summed E-state index contributed by atoms with van der Waals surface area (Å²) in [6.07, 6.45) is 0. The molecule has 1 aromatic heterocycles. The molecule has 0 amide bonds. The Morgan fingerprint density at radius 3 is 2.91 bits per heavy atom. The highest BCUT2D eigenvalue weighted by Gasteiger charge is 2.01. The third-order valence-corrected chi connectivity index (χ3v) is 1.55. The first-order valence-corrected chi connectivity index (χ1v) is 3.67. The number of rotatable bonds is 3. The molecular weight excluding hydrogens is 140 g/mol. The van der Waals surface area contributed by atoms with Gasteiger partial charge in [0.25, 0.3) is 0 Å². The van der Waals surface area contributed by atoms with Gasteiger partial charge in [-0.1, -0.05) is 0 Å². The number of H-pyrrole nitrogens is 1. The van der Waals surface area contributed by atoms with Crippen LogP contribution in [0.1, 0.15) is 5.69 Å². The molecule has 1 aromatic rings. The Morgan fingerprint density at radius 1 is 1.73 bits per heavy atom. The van der Waals surface area contributed by atoms with Gasteiger partial charge in [0.1, 0.15) is 5.82 Å². The van der Waals surface area contributed by atoms with Gasteiger partial charge in [-0.3, -0.25) is 5.10 Å². The summed E-state index contributed by atoms with van der Waals surface area (Å²) in [5, 5.41) is 6.96. The van der Waals surface area contributed by atoms with E-state index < -0.39 is 0 Å². The zero-order valence-electron chi connectivity index (χ0n) is 6.96. The van der Waals surface area contributed by atoms with Gasteiger partial charge in [-0.15, -0.1) is 0 Å². The van der Waals surface area contributed by atoms with Gasteiger partial charge in [0.15, 0.2) is 0 Å². The molecule has 4 heteroatoms. The first-order valence-electron chi connectivity index (χ1n) is 3.67. The van der Waals surface area contributed by atoms with E-state index in [2.05, 4.69) is 10.2 Å². The molecule has 1 heterocycles. The van der Waals surface area contributed by atoms with E-state index in [4.69, 9.17) is 5.73 Å². The maximum Gasteiger partial charge on any atom is 0.150 e. The van der Waals surface area contributed by atoms with E-state index in [9.17, 15) is 0 Å². The summed E-state index contributed by atoms with van der Waals surface area (Å²) in [6.45, 7) is 3.47. The molecular formula is C7H14N4. The van der Waals surface area contributed by atoms with Gasteiger partial charge < -0.3 is 10.6 Å². The van der Waals surface area contributed by atoms with Crippen molar-refractivity contribution in [2.75, 3.05) is 25.0 Å². The molecule has 0 aliphatic heterocycles. The number of nitrogens with zero attached hydrogens (tertiary/aromatic N) is 2. The van der Waals surface area contributed by atoms with Crippen molar-refractivity contribution in [1.82, 2.24) is 10.2 Å². The summed E-state index contributed by atoms with van der Waals surface area (Å²) in [6, 6.07) is 2.00. The molecule has 0 bridgehead atoms. The lowest BCUT2D eigenvalue weighted by Crippen LogP contribution is -2.25. The summed E-state index contributed by atoms with van der Waals surface area (Å²) < 4.78 is 0. The Morgan fingerprint density at radius 2 is 2.45 bits per heavy atom. The number of hydrogen-bond donors (Lipinski definition) is 2. The maximum absolute atomic E-state index is 5.39. The Bertz CT molecular complexity index is 218. The fourth-order valence-electron chi connectivity index (χ4n) is 0.907. The first kappa shape index (κ1) is 8.07. The van der Waals surface area contributed by atoms with E-state index in [0.717, 1.165) is 18.1 Å². The molecule has 0 aliphatic rings. The Hall–Kier alpha value is -1.03. The SMILES string of the molecule is Cc1cc(N(C)CCN)n[nH]1. The van der Waals surface area contributed by atoms with Crippen LogP contribution in [-0.4, -0.2) is 30.3 Å². The largest absolute Gasteiger partial charge is 0.357 e. The zero-order valence-corrected chi connectivity index (χ0v) is 6.96. The molecule has 1 rings (SSSR count). The van der Waals surface area contributed by atoms with Gasteiger partial charge in [-0.25, -0.2) is 0 Å². The van der Waals surface area contributed by atoms with Crippen LogP contribution in [0.3, 0.4) is 0 Å². The van der Waals surface area contributed by atoms with E-state index in [1.807, 2.05) is 24.9 Å². The quantitative estimate of drug-likeness (QED) is 0.649. The van der Waals surface area contributed by atoms with Crippen molar-refractivity contribution in [3.05, 3.63) is 11.8 Å². The van der Waals surface area contributed by atoms with E-state index in [0.29, 0.717) is 6.54 Å². The van der Waals surface area contributed by atoms with Crippen molar-refractivity contribution in [2.45, 2.75) is 6.92 Å². The minimum Gasteiger partial charge on any atom is -0.357 e. The summed E-state index contributed by atoms with van der Waals surface area (Å²) >= 11 is 0. The molecule has 0 aromatic carbocycles. The zero-order chi connectivity index (χ0) is 8.27. The standard InChI is InChI=1S/C7H14N4/c1-6-5-7(10-9-6)11(2)4-3-8/h5H,3-4,8H2,1-2H3,(H,9,10). The average Bonchev–Trinajstić information content (AvgIpc) is 2.36. The molecule has 0 saturated carbocycles. The highest BCUT2D eigenvalue weighted by Crippen LogP contribution is 2.07. The summed E-state index contributed by atoms with van der Waals surface area (Å²) in [7, 11) is 1.97. The minimum atomic E-state index is 0.655. The van der Waals surface area contributed by atoms with Gasteiger partial charge in [0.05, 0.1) is 0 Å². The van der Waals surface area contributed by atoms with Crippen molar-refractivity contribution >= 4 is 5.82 Å². The summed E-state index contributed by atoms with van der Waals surface area (Å²) in [4.78, 5) is 2.02. The molecule has 0 aliphatic carbocycles. The topological polar surface area (TPSA) is 57.9 Å². The van der Waals surface area contributed by atoms with Gasteiger partial charge >= 0.3 is 0 Å². The fourth-order valence-corrected chi connectivity index (χ4v) is 0.907. The van der Waals surface area contributed by atoms with Gasteiger partial charge in [-0.05, 0) is 6.92 Å². The van der Waals surface area contributed by atoms with Gasteiger partial charge in [0.2, 0.25) is 0 Å². The monoisotopic (exact) mass is 154 g/mol. The molecule has 0 fully saturated rings. The molecule has 0 atom stereocenters. The summed E-state index contributed by atoms with van der Waals surface area (Å²) in [5.74, 6) is 0.952. The van der Waals surface area contributed by atoms with Crippen LogP contribution in [0.4, 0.5) is 5.82 Å². The third kappa shape index (κ3) is 1.94. The molecule has 0 unspecified atom stereocenters. The van der Waals surface area contributed by atoms with E-state index >= 15 is 0 Å². The Balaban J connectivity index is 2.60. The highest BCUT2D eigenvalue weighted by molar-refractivity contribution is 5.37. The van der Waals surface area contributed by atoms with Crippen LogP contribution >= 0.6 is 0 Å². The summed E-state index contributed by atoms with van der Waals surface area (Å²) in [5.41, 5.74) is 6.47. The van der Waals surface area contributed by atoms with Crippen LogP contribution in [-0.2, 0) is 0 Å². The Labute approximate surface area is 66.4 Å². The molecule has 62 valence electrons. The predicted octanol–water partition coefficient (Wildman–Crippen LogP) is 0.113. The van der Waals surface area contributed by atoms with Crippen molar-refractivity contribution in [3.63, 3.8) is 0 Å². The predicted molar refractivity (Wildman–Crippen MR) is 45.6 cm³/mol. The van der Waals surface area contributed by atoms with Crippen LogP contribution in [0.2, 0.25) is 0 Å². The van der Waals surface area contributed by atoms with Crippen LogP contribution in [0.15, 0.2) is 6.07 Å². The van der Waals surface area contributed by atoms with E-state index in [-0.39, 0.29) is 0 Å². The van der Waals surface area contributed by atoms with E-state index in [1.165, 1.54) is 0 Å². The molecule has 11 heavy (non-hydrogen) atoms. The number of aromatic nitrogens is 2. The molecule has 3 N–H and O–H groups in total. The molecule has 0 saturated heterocycles. The van der Waals surface area contributed by atoms with Crippen molar-refractivity contribution < 1.29 is 0 Å². The number of aryl methyl sites for hydroxylation is 1. The van der Waals surface area contributed by atoms with Gasteiger partial charge in [-0.2, -0.15) is 5.10 Å². The molecule has 0 spiro atoms. The lowest BCUT2D eigenvalue weighted by Gasteiger charge is -2.13. The third-order valence-electron chi connectivity index (χ3n) is 1.55. The highest BCUT2D eigenvalue weighted by atomic mass is 15.3. The van der Waals surface area contributed by atoms with Gasteiger partial charge in [0, 0.05) is 31.9 Å². The van der Waals surface area contributed by atoms with Crippen molar-refractivity contribution in [1.29, 1.82) is 0 Å². The Kier molecular flexibility index (Phi) is 2.48. The minimum absolute atomic E-state index is 0.655. The van der Waals surface area contributed by atoms with Crippen LogP contribution in [0.5, 0.6) is 0 Å². The normalized spacial score (nSPS) is 10.1. The second-order valence-electron chi connectivity index (χ2n) is 2.62. The number of hydrogen-bond acceptors (Lipinski definition) is 3. The van der Waals surface area contributed by atoms with Crippen molar-refractivity contribution in [3.8, 4) is 0 Å². The first-order chi connectivity index (χ1) is 5.24. The fraction of sp³-hybridized carbons (Fsp3) is 0.571. The number of nitrogens with two attached hydrogens (primary N) is 1. The number of aromatic amines is 1. The van der Waals surface area contributed by atoms with E-state index in [1.54, 1.807) is 0 Å². The lowest BCUT2D eigenvalue weighted by molar-refractivity contribution is 0.861. The smallest absolute Gasteiger partial charge is 0.150 e. The lowest BCUT2D eigenvalue weighted by atomic mass is 10.4. The maximum atomic E-state index is 5.39. The molecule has 0 radical (unpaired) electrons. The number of anilines is 1. The average molecular weight is 154 g/mol. The molecule has 4 nitrogen and oxygen atoms in total.